The average Bonchev–Trinajstić information content (AvgIpc) is 3.18. The van der Waals surface area contributed by atoms with Gasteiger partial charge in [0.25, 0.3) is 5.91 Å². The molecule has 3 aromatic rings. The highest BCUT2D eigenvalue weighted by molar-refractivity contribution is 6.10. The number of hydrogen-bond acceptors (Lipinski definition) is 6. The quantitative estimate of drug-likeness (QED) is 0.530. The first-order chi connectivity index (χ1) is 16.3. The number of aromatic carboxylic acids is 1. The van der Waals surface area contributed by atoms with Crippen LogP contribution in [0.2, 0.25) is 0 Å². The Labute approximate surface area is 193 Å². The minimum Gasteiger partial charge on any atom is -0.493 e. The number of H-pyrrole nitrogens is 2. The Kier molecular flexibility index (Phi) is 3.99. The molecule has 1 aliphatic heterocycles. The number of hydrogen-bond donors (Lipinski definition) is 3. The van der Waals surface area contributed by atoms with Gasteiger partial charge in [0.1, 0.15) is 11.4 Å². The highest BCUT2D eigenvalue weighted by Crippen LogP contribution is 2.66. The second-order valence-electron chi connectivity index (χ2n) is 8.75. The number of likely N-dealkylation sites (tertiary alicyclic amines) is 1. The van der Waals surface area contributed by atoms with Crippen molar-refractivity contribution in [2.24, 2.45) is 5.92 Å². The van der Waals surface area contributed by atoms with Crippen LogP contribution in [0.4, 0.5) is 0 Å². The monoisotopic (exact) mass is 463 g/mol. The molecule has 1 saturated heterocycles. The van der Waals surface area contributed by atoms with Crippen LogP contribution < -0.4 is 14.2 Å². The lowest BCUT2D eigenvalue weighted by molar-refractivity contribution is 0.0690. The first kappa shape index (κ1) is 20.4. The molecule has 34 heavy (non-hydrogen) atoms. The van der Waals surface area contributed by atoms with E-state index in [1.165, 1.54) is 33.5 Å². The van der Waals surface area contributed by atoms with Gasteiger partial charge in [0, 0.05) is 29.1 Å². The summed E-state index contributed by atoms with van der Waals surface area (Å²) in [6.45, 7) is 0.449. The lowest BCUT2D eigenvalue weighted by Gasteiger charge is -2.27. The van der Waals surface area contributed by atoms with E-state index in [1.807, 2.05) is 0 Å². The normalized spacial score (nSPS) is 22.1. The summed E-state index contributed by atoms with van der Waals surface area (Å²) in [5.74, 6) is -0.301. The van der Waals surface area contributed by atoms with E-state index in [2.05, 4.69) is 9.97 Å². The van der Waals surface area contributed by atoms with Gasteiger partial charge in [-0.25, -0.2) is 4.79 Å². The van der Waals surface area contributed by atoms with Gasteiger partial charge >= 0.3 is 5.97 Å². The fourth-order valence-corrected chi connectivity index (χ4v) is 5.61. The number of ketones is 1. The summed E-state index contributed by atoms with van der Waals surface area (Å²) in [5, 5.41) is 10.1. The van der Waals surface area contributed by atoms with Crippen LogP contribution in [0.1, 0.15) is 43.4 Å². The minimum absolute atomic E-state index is 0.0246. The summed E-state index contributed by atoms with van der Waals surface area (Å²) in [5.41, 5.74) is 1.99. The number of piperidine rings is 1. The SMILES string of the molecule is COc1cc2cc(C(=O)N3CC4CC45C3=CC(=O)c3[nH]c(C(=O)O)cc35)[nH]c2c(OC)c1OC. The summed E-state index contributed by atoms with van der Waals surface area (Å²) in [6, 6.07) is 5.01. The van der Waals surface area contributed by atoms with Crippen LogP contribution in [-0.4, -0.2) is 65.5 Å². The molecule has 1 saturated carbocycles. The molecule has 1 amide bonds. The zero-order valence-corrected chi connectivity index (χ0v) is 18.6. The zero-order chi connectivity index (χ0) is 23.9. The number of methoxy groups -OCH3 is 3. The van der Waals surface area contributed by atoms with Gasteiger partial charge < -0.3 is 34.2 Å². The van der Waals surface area contributed by atoms with Crippen LogP contribution in [0, 0.1) is 5.92 Å². The summed E-state index contributed by atoms with van der Waals surface area (Å²) in [4.78, 5) is 45.4. The van der Waals surface area contributed by atoms with Gasteiger partial charge in [-0.3, -0.25) is 9.59 Å². The van der Waals surface area contributed by atoms with E-state index >= 15 is 0 Å². The van der Waals surface area contributed by atoms with Crippen molar-refractivity contribution in [3.05, 3.63) is 52.6 Å². The molecule has 2 atom stereocenters. The Balaban J connectivity index is 1.41. The van der Waals surface area contributed by atoms with Crippen LogP contribution in [0.5, 0.6) is 17.2 Å². The van der Waals surface area contributed by atoms with E-state index in [4.69, 9.17) is 14.2 Å². The Morgan fingerprint density at radius 1 is 1.06 bits per heavy atom. The first-order valence-corrected chi connectivity index (χ1v) is 10.7. The largest absolute Gasteiger partial charge is 0.493 e. The second-order valence-corrected chi connectivity index (χ2v) is 8.75. The number of carbonyl (C=O) groups excluding carboxylic acids is 2. The van der Waals surface area contributed by atoms with Crippen molar-refractivity contribution in [1.82, 2.24) is 14.9 Å². The molecule has 0 bridgehead atoms. The number of benzene rings is 1. The second kappa shape index (κ2) is 6.66. The lowest BCUT2D eigenvalue weighted by Crippen LogP contribution is -2.33. The number of amides is 1. The third-order valence-corrected chi connectivity index (χ3v) is 7.19. The third-order valence-electron chi connectivity index (χ3n) is 7.19. The molecular weight excluding hydrogens is 442 g/mol. The maximum atomic E-state index is 13.6. The Morgan fingerprint density at radius 2 is 1.82 bits per heavy atom. The summed E-state index contributed by atoms with van der Waals surface area (Å²) in [6.07, 6.45) is 2.24. The molecule has 10 heteroatoms. The fraction of sp³-hybridized carbons (Fsp3) is 0.292. The molecular formula is C24H21N3O7. The molecule has 3 aliphatic rings. The number of carboxylic acid groups (broad SMARTS) is 1. The van der Waals surface area contributed by atoms with Gasteiger partial charge in [-0.1, -0.05) is 0 Å². The number of aromatic amines is 2. The van der Waals surface area contributed by atoms with E-state index in [0.29, 0.717) is 57.3 Å². The van der Waals surface area contributed by atoms with Crippen LogP contribution in [0.3, 0.4) is 0 Å². The zero-order valence-electron chi connectivity index (χ0n) is 18.6. The number of ether oxygens (including phenoxy) is 3. The number of aromatic nitrogens is 2. The maximum Gasteiger partial charge on any atom is 0.352 e. The summed E-state index contributed by atoms with van der Waals surface area (Å²) >= 11 is 0. The van der Waals surface area contributed by atoms with Gasteiger partial charge in [-0.05, 0) is 36.1 Å². The van der Waals surface area contributed by atoms with Gasteiger partial charge in [-0.15, -0.1) is 0 Å². The molecule has 3 N–H and O–H groups in total. The molecule has 2 aromatic heterocycles. The lowest BCUT2D eigenvalue weighted by atomic mass is 9.85. The average molecular weight is 463 g/mol. The van der Waals surface area contributed by atoms with Crippen molar-refractivity contribution in [3.63, 3.8) is 0 Å². The van der Waals surface area contributed by atoms with Crippen LogP contribution in [-0.2, 0) is 5.41 Å². The van der Waals surface area contributed by atoms with Crippen molar-refractivity contribution >= 4 is 28.6 Å². The van der Waals surface area contributed by atoms with Gasteiger partial charge in [0.05, 0.1) is 32.5 Å². The number of rotatable bonds is 5. The number of nitrogens with one attached hydrogen (secondary N) is 2. The molecule has 6 rings (SSSR count). The minimum atomic E-state index is -1.12. The van der Waals surface area contributed by atoms with Gasteiger partial charge in [0.15, 0.2) is 11.5 Å². The highest BCUT2D eigenvalue weighted by atomic mass is 16.5. The Bertz CT molecular complexity index is 1460. The predicted octanol–water partition coefficient (Wildman–Crippen LogP) is 2.71. The van der Waals surface area contributed by atoms with Crippen molar-refractivity contribution in [2.45, 2.75) is 11.8 Å². The Hall–Kier alpha value is -4.21. The smallest absolute Gasteiger partial charge is 0.352 e. The fourth-order valence-electron chi connectivity index (χ4n) is 5.61. The molecule has 1 spiro atoms. The molecule has 2 aliphatic carbocycles. The first-order valence-electron chi connectivity index (χ1n) is 10.7. The molecule has 3 heterocycles. The van der Waals surface area contributed by atoms with Crippen molar-refractivity contribution in [2.75, 3.05) is 27.9 Å². The predicted molar refractivity (Wildman–Crippen MR) is 119 cm³/mol. The van der Waals surface area contributed by atoms with Crippen molar-refractivity contribution < 1.29 is 33.7 Å². The van der Waals surface area contributed by atoms with E-state index in [9.17, 15) is 19.5 Å². The van der Waals surface area contributed by atoms with E-state index < -0.39 is 11.4 Å². The topological polar surface area (TPSA) is 134 Å². The van der Waals surface area contributed by atoms with E-state index in [0.717, 1.165) is 6.42 Å². The number of carbonyl (C=O) groups is 3. The molecule has 2 fully saturated rings. The molecule has 0 radical (unpaired) electrons. The highest BCUT2D eigenvalue weighted by Gasteiger charge is 2.68. The van der Waals surface area contributed by atoms with Crippen LogP contribution in [0.15, 0.2) is 30.0 Å². The molecule has 2 unspecified atom stereocenters. The molecule has 10 nitrogen and oxygen atoms in total. The molecule has 174 valence electrons. The van der Waals surface area contributed by atoms with Gasteiger partial charge in [0.2, 0.25) is 11.5 Å². The van der Waals surface area contributed by atoms with Crippen molar-refractivity contribution in [1.29, 1.82) is 0 Å². The van der Waals surface area contributed by atoms with Crippen molar-refractivity contribution in [3.8, 4) is 17.2 Å². The van der Waals surface area contributed by atoms with E-state index in [-0.39, 0.29) is 23.3 Å². The van der Waals surface area contributed by atoms with Crippen LogP contribution >= 0.6 is 0 Å². The number of allylic oxidation sites excluding steroid dienone is 2. The van der Waals surface area contributed by atoms with Gasteiger partial charge in [-0.2, -0.15) is 0 Å². The maximum absolute atomic E-state index is 13.6. The number of nitrogens with zero attached hydrogens (tertiary/aromatic N) is 1. The summed E-state index contributed by atoms with van der Waals surface area (Å²) < 4.78 is 16.4. The molecule has 1 aromatic carbocycles. The third kappa shape index (κ3) is 2.42. The van der Waals surface area contributed by atoms with E-state index in [1.54, 1.807) is 17.0 Å². The number of carboxylic acids is 1. The number of fused-ring (bicyclic) bond motifs is 2. The standard InChI is InChI=1S/C24H21N3O7/c1-32-16-5-10-4-13(25-18(10)21(34-3)20(16)33-2)22(29)27-9-11-8-24(11)12-6-14(23(30)31)26-19(12)15(28)7-17(24)27/h4-7,11,25-26H,8-9H2,1-3H3,(H,30,31). The van der Waals surface area contributed by atoms with Crippen LogP contribution in [0.25, 0.3) is 10.9 Å². The summed E-state index contributed by atoms with van der Waals surface area (Å²) in [7, 11) is 4.54. The Morgan fingerprint density at radius 3 is 2.50 bits per heavy atom.